The Hall–Kier alpha value is -0.220. The van der Waals surface area contributed by atoms with E-state index >= 15 is 0 Å². The van der Waals surface area contributed by atoms with Crippen molar-refractivity contribution in [3.05, 3.63) is 16.7 Å². The van der Waals surface area contributed by atoms with E-state index in [1.54, 1.807) is 0 Å². The number of hydrogen-bond acceptors (Lipinski definition) is 2. The number of H-pyrrole nitrogens is 1. The van der Waals surface area contributed by atoms with E-state index in [0.29, 0.717) is 5.92 Å². The zero-order valence-electron chi connectivity index (χ0n) is 9.32. The van der Waals surface area contributed by atoms with Gasteiger partial charge < -0.3 is 9.55 Å². The van der Waals surface area contributed by atoms with Crippen molar-refractivity contribution in [2.24, 2.45) is 0 Å². The molecule has 1 saturated heterocycles. The SMILES string of the molecule is CC(C)c1c[nH]c(=S)n1CC1CCCS1. The first-order valence-corrected chi connectivity index (χ1v) is 7.04. The highest BCUT2D eigenvalue weighted by Crippen LogP contribution is 2.28. The van der Waals surface area contributed by atoms with E-state index in [-0.39, 0.29) is 0 Å². The highest BCUT2D eigenvalue weighted by Gasteiger charge is 2.18. The second-order valence-corrected chi connectivity index (χ2v) is 6.21. The smallest absolute Gasteiger partial charge is 0.177 e. The van der Waals surface area contributed by atoms with E-state index < -0.39 is 0 Å². The van der Waals surface area contributed by atoms with E-state index in [1.165, 1.54) is 24.3 Å². The van der Waals surface area contributed by atoms with Crippen molar-refractivity contribution in [3.63, 3.8) is 0 Å². The fraction of sp³-hybridized carbons (Fsp3) is 0.727. The fourth-order valence-corrected chi connectivity index (χ4v) is 3.56. The molecule has 1 unspecified atom stereocenters. The minimum absolute atomic E-state index is 0.546. The molecule has 0 bridgehead atoms. The number of nitrogens with one attached hydrogen (secondary N) is 1. The zero-order valence-corrected chi connectivity index (χ0v) is 11.0. The molecule has 2 nitrogen and oxygen atoms in total. The van der Waals surface area contributed by atoms with Gasteiger partial charge in [0.1, 0.15) is 0 Å². The number of imidazole rings is 1. The molecular formula is C11H18N2S2. The van der Waals surface area contributed by atoms with Gasteiger partial charge in [0.25, 0.3) is 0 Å². The topological polar surface area (TPSA) is 20.7 Å². The predicted molar refractivity (Wildman–Crippen MR) is 69.2 cm³/mol. The lowest BCUT2D eigenvalue weighted by Crippen LogP contribution is -2.13. The van der Waals surface area contributed by atoms with Crippen molar-refractivity contribution >= 4 is 24.0 Å². The minimum Gasteiger partial charge on any atom is -0.337 e. The highest BCUT2D eigenvalue weighted by molar-refractivity contribution is 8.00. The lowest BCUT2D eigenvalue weighted by Gasteiger charge is -2.14. The van der Waals surface area contributed by atoms with Crippen molar-refractivity contribution in [2.75, 3.05) is 5.75 Å². The number of aromatic nitrogens is 2. The van der Waals surface area contributed by atoms with Crippen LogP contribution >= 0.6 is 24.0 Å². The summed E-state index contributed by atoms with van der Waals surface area (Å²) in [6, 6.07) is 0. The largest absolute Gasteiger partial charge is 0.337 e. The van der Waals surface area contributed by atoms with Crippen LogP contribution in [0, 0.1) is 4.77 Å². The molecule has 2 rings (SSSR count). The maximum Gasteiger partial charge on any atom is 0.177 e. The number of rotatable bonds is 3. The van der Waals surface area contributed by atoms with Gasteiger partial charge in [-0.05, 0) is 36.7 Å². The molecular weight excluding hydrogens is 224 g/mol. The molecule has 1 fully saturated rings. The molecule has 1 aliphatic rings. The standard InChI is InChI=1S/C11H18N2S2/c1-8(2)10-6-12-11(14)13(10)7-9-4-3-5-15-9/h6,8-9H,3-5,7H2,1-2H3,(H,12,14). The van der Waals surface area contributed by atoms with Crippen molar-refractivity contribution < 1.29 is 0 Å². The fourth-order valence-electron chi connectivity index (χ4n) is 2.07. The molecule has 15 heavy (non-hydrogen) atoms. The van der Waals surface area contributed by atoms with Crippen molar-refractivity contribution in [1.82, 2.24) is 9.55 Å². The van der Waals surface area contributed by atoms with Crippen LogP contribution in [0.2, 0.25) is 0 Å². The molecule has 84 valence electrons. The van der Waals surface area contributed by atoms with Gasteiger partial charge in [0.05, 0.1) is 0 Å². The Bertz CT molecular complexity index is 372. The summed E-state index contributed by atoms with van der Waals surface area (Å²) in [5.41, 5.74) is 1.34. The molecule has 1 atom stereocenters. The summed E-state index contributed by atoms with van der Waals surface area (Å²) >= 11 is 7.41. The van der Waals surface area contributed by atoms with Crippen LogP contribution in [0.4, 0.5) is 0 Å². The van der Waals surface area contributed by atoms with Crippen LogP contribution < -0.4 is 0 Å². The van der Waals surface area contributed by atoms with E-state index in [4.69, 9.17) is 12.2 Å². The van der Waals surface area contributed by atoms with Crippen LogP contribution in [0.3, 0.4) is 0 Å². The third kappa shape index (κ3) is 2.48. The maximum atomic E-state index is 5.32. The van der Waals surface area contributed by atoms with E-state index in [1.807, 2.05) is 0 Å². The van der Waals surface area contributed by atoms with Gasteiger partial charge >= 0.3 is 0 Å². The number of aromatic amines is 1. The quantitative estimate of drug-likeness (QED) is 0.818. The normalized spacial score (nSPS) is 21.4. The van der Waals surface area contributed by atoms with Gasteiger partial charge in [-0.3, -0.25) is 0 Å². The highest BCUT2D eigenvalue weighted by atomic mass is 32.2. The minimum atomic E-state index is 0.546. The van der Waals surface area contributed by atoms with Crippen molar-refractivity contribution in [1.29, 1.82) is 0 Å². The second kappa shape index (κ2) is 4.74. The van der Waals surface area contributed by atoms with Crippen molar-refractivity contribution in [2.45, 2.75) is 44.4 Å². The molecule has 1 aliphatic heterocycles. The van der Waals surface area contributed by atoms with Gasteiger partial charge in [0.15, 0.2) is 4.77 Å². The Morgan fingerprint density at radius 2 is 2.47 bits per heavy atom. The lowest BCUT2D eigenvalue weighted by molar-refractivity contribution is 0.593. The molecule has 1 aromatic rings. The Morgan fingerprint density at radius 3 is 3.07 bits per heavy atom. The summed E-state index contributed by atoms with van der Waals surface area (Å²) in [6.45, 7) is 5.52. The van der Waals surface area contributed by atoms with E-state index in [0.717, 1.165) is 16.6 Å². The van der Waals surface area contributed by atoms with Crippen molar-refractivity contribution in [3.8, 4) is 0 Å². The van der Waals surface area contributed by atoms with Crippen LogP contribution in [0.5, 0.6) is 0 Å². The number of thioether (sulfide) groups is 1. The molecule has 1 aromatic heterocycles. The number of nitrogens with zero attached hydrogens (tertiary/aromatic N) is 1. The Balaban J connectivity index is 2.18. The third-order valence-electron chi connectivity index (χ3n) is 2.90. The molecule has 4 heteroatoms. The molecule has 0 spiro atoms. The molecule has 2 heterocycles. The first-order chi connectivity index (χ1) is 7.18. The van der Waals surface area contributed by atoms with E-state index in [9.17, 15) is 0 Å². The second-order valence-electron chi connectivity index (χ2n) is 4.42. The van der Waals surface area contributed by atoms with Gasteiger partial charge in [0.2, 0.25) is 0 Å². The van der Waals surface area contributed by atoms with E-state index in [2.05, 4.69) is 41.4 Å². The Labute approximate surface area is 100 Å². The Kier molecular flexibility index (Phi) is 3.57. The molecule has 1 N–H and O–H groups in total. The Morgan fingerprint density at radius 1 is 1.67 bits per heavy atom. The van der Waals surface area contributed by atoms with Gasteiger partial charge in [0, 0.05) is 23.7 Å². The van der Waals surface area contributed by atoms with Gasteiger partial charge in [-0.2, -0.15) is 11.8 Å². The van der Waals surface area contributed by atoms with Crippen LogP contribution in [-0.2, 0) is 6.54 Å². The lowest BCUT2D eigenvalue weighted by atomic mass is 10.1. The van der Waals surface area contributed by atoms with Crippen LogP contribution in [-0.4, -0.2) is 20.6 Å². The van der Waals surface area contributed by atoms with Gasteiger partial charge in [-0.1, -0.05) is 13.8 Å². The zero-order chi connectivity index (χ0) is 10.8. The average molecular weight is 242 g/mol. The van der Waals surface area contributed by atoms with Gasteiger partial charge in [-0.25, -0.2) is 0 Å². The summed E-state index contributed by atoms with van der Waals surface area (Å²) < 4.78 is 3.16. The summed E-state index contributed by atoms with van der Waals surface area (Å²) in [5, 5.41) is 0.769. The summed E-state index contributed by atoms with van der Waals surface area (Å²) in [7, 11) is 0. The number of hydrogen-bond donors (Lipinski definition) is 1. The summed E-state index contributed by atoms with van der Waals surface area (Å²) in [4.78, 5) is 3.16. The van der Waals surface area contributed by atoms with Crippen LogP contribution in [0.15, 0.2) is 6.20 Å². The predicted octanol–water partition coefficient (Wildman–Crippen LogP) is 3.56. The first-order valence-electron chi connectivity index (χ1n) is 5.58. The molecule has 0 saturated carbocycles. The van der Waals surface area contributed by atoms with Crippen LogP contribution in [0.1, 0.15) is 38.3 Å². The third-order valence-corrected chi connectivity index (χ3v) is 4.62. The average Bonchev–Trinajstić information content (AvgIpc) is 2.78. The maximum absolute atomic E-state index is 5.32. The summed E-state index contributed by atoms with van der Waals surface area (Å²) in [5.74, 6) is 1.86. The summed E-state index contributed by atoms with van der Waals surface area (Å²) in [6.07, 6.45) is 4.77. The first kappa shape index (κ1) is 11.3. The van der Waals surface area contributed by atoms with Gasteiger partial charge in [-0.15, -0.1) is 0 Å². The molecule has 0 aromatic carbocycles. The van der Waals surface area contributed by atoms with Crippen LogP contribution in [0.25, 0.3) is 0 Å². The molecule has 0 aliphatic carbocycles. The monoisotopic (exact) mass is 242 g/mol. The molecule has 0 amide bonds. The molecule has 0 radical (unpaired) electrons.